The molecule has 1 aromatic carbocycles. The van der Waals surface area contributed by atoms with Gasteiger partial charge in [0, 0.05) is 24.7 Å². The van der Waals surface area contributed by atoms with Gasteiger partial charge in [-0.25, -0.2) is 9.78 Å². The smallest absolute Gasteiger partial charge is 0.326 e. The van der Waals surface area contributed by atoms with Crippen LogP contribution in [0.4, 0.5) is 0 Å². The monoisotopic (exact) mass is 472 g/mol. The van der Waals surface area contributed by atoms with Crippen LogP contribution in [0.5, 0.6) is 0 Å². The van der Waals surface area contributed by atoms with Crippen molar-refractivity contribution in [1.82, 2.24) is 25.9 Å². The number of aromatic nitrogens is 2. The van der Waals surface area contributed by atoms with Crippen LogP contribution in [0.25, 0.3) is 0 Å². The van der Waals surface area contributed by atoms with E-state index in [0.717, 1.165) is 5.56 Å². The van der Waals surface area contributed by atoms with Crippen molar-refractivity contribution in [2.24, 2.45) is 11.7 Å². The Labute approximate surface area is 197 Å². The van der Waals surface area contributed by atoms with Gasteiger partial charge < -0.3 is 31.8 Å². The van der Waals surface area contributed by atoms with Crippen molar-refractivity contribution in [3.63, 3.8) is 0 Å². The second kappa shape index (κ2) is 13.1. The van der Waals surface area contributed by atoms with E-state index in [-0.39, 0.29) is 25.3 Å². The lowest BCUT2D eigenvalue weighted by Crippen LogP contribution is -2.55. The number of carbonyl (C=O) groups excluding carboxylic acids is 3. The second-order valence-corrected chi connectivity index (χ2v) is 8.44. The third kappa shape index (κ3) is 9.02. The van der Waals surface area contributed by atoms with Gasteiger partial charge in [0.2, 0.25) is 17.7 Å². The second-order valence-electron chi connectivity index (χ2n) is 8.44. The number of carboxylic acids is 1. The van der Waals surface area contributed by atoms with Gasteiger partial charge in [0.05, 0.1) is 18.9 Å². The number of nitrogens with two attached hydrogens (primary N) is 1. The molecule has 0 aliphatic rings. The quantitative estimate of drug-likeness (QED) is 0.232. The number of aliphatic carboxylic acids is 1. The predicted molar refractivity (Wildman–Crippen MR) is 124 cm³/mol. The fraction of sp³-hybridized carbons (Fsp3) is 0.435. The summed E-state index contributed by atoms with van der Waals surface area (Å²) >= 11 is 0. The molecule has 0 bridgehead atoms. The number of amides is 3. The van der Waals surface area contributed by atoms with Crippen LogP contribution in [-0.2, 0) is 32.0 Å². The fourth-order valence-electron chi connectivity index (χ4n) is 3.31. The van der Waals surface area contributed by atoms with E-state index < -0.39 is 41.8 Å². The number of H-pyrrole nitrogens is 1. The number of carboxylic acid groups (broad SMARTS) is 1. The average Bonchev–Trinajstić information content (AvgIpc) is 3.29. The van der Waals surface area contributed by atoms with Gasteiger partial charge in [-0.05, 0) is 17.9 Å². The van der Waals surface area contributed by atoms with Gasteiger partial charge >= 0.3 is 5.97 Å². The molecule has 3 amide bonds. The molecule has 3 atom stereocenters. The Hall–Kier alpha value is -3.73. The molecule has 0 radical (unpaired) electrons. The average molecular weight is 473 g/mol. The van der Waals surface area contributed by atoms with E-state index in [4.69, 9.17) is 5.73 Å². The molecule has 7 N–H and O–H groups in total. The van der Waals surface area contributed by atoms with E-state index in [1.165, 1.54) is 12.5 Å². The van der Waals surface area contributed by atoms with Crippen LogP contribution in [0.2, 0.25) is 0 Å². The highest BCUT2D eigenvalue weighted by atomic mass is 16.4. The highest BCUT2D eigenvalue weighted by Crippen LogP contribution is 2.06. The molecule has 11 heteroatoms. The van der Waals surface area contributed by atoms with Crippen molar-refractivity contribution in [3.8, 4) is 0 Å². The van der Waals surface area contributed by atoms with Crippen LogP contribution < -0.4 is 21.7 Å². The zero-order valence-electron chi connectivity index (χ0n) is 19.3. The van der Waals surface area contributed by atoms with Crippen LogP contribution in [0.1, 0.15) is 31.5 Å². The van der Waals surface area contributed by atoms with Crippen LogP contribution in [0.15, 0.2) is 42.9 Å². The first kappa shape index (κ1) is 26.5. The number of benzene rings is 1. The third-order valence-electron chi connectivity index (χ3n) is 5.01. The lowest BCUT2D eigenvalue weighted by molar-refractivity contribution is -0.142. The minimum Gasteiger partial charge on any atom is -0.480 e. The zero-order chi connectivity index (χ0) is 25.1. The highest BCUT2D eigenvalue weighted by Gasteiger charge is 2.27. The SMILES string of the molecule is CC(C)CC(N)C(=O)NCC(=O)NC(Cc1cnc[nH]1)C(=O)NC(Cc1ccccc1)C(=O)O. The van der Waals surface area contributed by atoms with E-state index in [1.807, 2.05) is 19.9 Å². The van der Waals surface area contributed by atoms with Crippen LogP contribution in [0.3, 0.4) is 0 Å². The number of hydrogen-bond donors (Lipinski definition) is 6. The minimum atomic E-state index is -1.20. The molecule has 0 aliphatic carbocycles. The van der Waals surface area contributed by atoms with Gasteiger partial charge in [0.25, 0.3) is 0 Å². The van der Waals surface area contributed by atoms with Crippen molar-refractivity contribution < 1.29 is 24.3 Å². The molecule has 0 aliphatic heterocycles. The molecule has 0 spiro atoms. The first-order valence-electron chi connectivity index (χ1n) is 11.0. The molecule has 2 aromatic rings. The number of hydrogen-bond acceptors (Lipinski definition) is 6. The molecule has 2 rings (SSSR count). The summed E-state index contributed by atoms with van der Waals surface area (Å²) < 4.78 is 0. The summed E-state index contributed by atoms with van der Waals surface area (Å²) in [6, 6.07) is 5.86. The molecular formula is C23H32N6O5. The normalized spacial score (nSPS) is 13.5. The summed E-state index contributed by atoms with van der Waals surface area (Å²) in [5.41, 5.74) is 7.12. The topological polar surface area (TPSA) is 179 Å². The minimum absolute atomic E-state index is 0.0516. The Morgan fingerprint density at radius 1 is 1.03 bits per heavy atom. The molecule has 0 saturated heterocycles. The lowest BCUT2D eigenvalue weighted by Gasteiger charge is -2.21. The van der Waals surface area contributed by atoms with Crippen LogP contribution in [-0.4, -0.2) is 63.4 Å². The number of nitrogens with one attached hydrogen (secondary N) is 4. The standard InChI is InChI=1S/C23H32N6O5/c1-14(2)8-17(24)21(31)26-12-20(30)28-18(10-16-11-25-13-27-16)22(32)29-19(23(33)34)9-15-6-4-3-5-7-15/h3-7,11,13-14,17-19H,8-10,12,24H2,1-2H3,(H,25,27)(H,26,31)(H,28,30)(H,29,32)(H,33,34). The summed E-state index contributed by atoms with van der Waals surface area (Å²) in [4.78, 5) is 56.0. The first-order chi connectivity index (χ1) is 16.2. The molecule has 11 nitrogen and oxygen atoms in total. The largest absolute Gasteiger partial charge is 0.480 e. The number of carbonyl (C=O) groups is 4. The molecule has 1 heterocycles. The number of aromatic amines is 1. The Balaban J connectivity index is 2.02. The number of rotatable bonds is 13. The highest BCUT2D eigenvalue weighted by molar-refractivity contribution is 5.92. The maximum Gasteiger partial charge on any atom is 0.326 e. The maximum atomic E-state index is 12.9. The Morgan fingerprint density at radius 3 is 2.32 bits per heavy atom. The van der Waals surface area contributed by atoms with Gasteiger partial charge in [-0.15, -0.1) is 0 Å². The fourth-order valence-corrected chi connectivity index (χ4v) is 3.31. The Kier molecular flexibility index (Phi) is 10.2. The molecule has 0 fully saturated rings. The lowest BCUT2D eigenvalue weighted by atomic mass is 10.0. The Bertz CT molecular complexity index is 948. The summed E-state index contributed by atoms with van der Waals surface area (Å²) in [6.45, 7) is 3.49. The number of nitrogens with zero attached hydrogens (tertiary/aromatic N) is 1. The molecule has 3 unspecified atom stereocenters. The van der Waals surface area contributed by atoms with Crippen molar-refractivity contribution >= 4 is 23.7 Å². The zero-order valence-corrected chi connectivity index (χ0v) is 19.3. The van der Waals surface area contributed by atoms with Gasteiger partial charge in [-0.2, -0.15) is 0 Å². The maximum absolute atomic E-state index is 12.9. The van der Waals surface area contributed by atoms with Gasteiger partial charge in [-0.1, -0.05) is 44.2 Å². The molecule has 0 saturated carbocycles. The van der Waals surface area contributed by atoms with Gasteiger partial charge in [0.15, 0.2) is 0 Å². The first-order valence-corrected chi connectivity index (χ1v) is 11.0. The van der Waals surface area contributed by atoms with E-state index in [1.54, 1.807) is 24.3 Å². The molecule has 34 heavy (non-hydrogen) atoms. The molecule has 1 aromatic heterocycles. The van der Waals surface area contributed by atoms with Crippen LogP contribution in [0, 0.1) is 5.92 Å². The van der Waals surface area contributed by atoms with Crippen molar-refractivity contribution in [2.45, 2.75) is 51.2 Å². The van der Waals surface area contributed by atoms with E-state index in [2.05, 4.69) is 25.9 Å². The summed E-state index contributed by atoms with van der Waals surface area (Å²) in [5.74, 6) is -2.73. The van der Waals surface area contributed by atoms with E-state index in [9.17, 15) is 24.3 Å². The summed E-state index contributed by atoms with van der Waals surface area (Å²) in [6.07, 6.45) is 3.53. The van der Waals surface area contributed by atoms with E-state index in [0.29, 0.717) is 12.1 Å². The van der Waals surface area contributed by atoms with Crippen molar-refractivity contribution in [2.75, 3.05) is 6.54 Å². The third-order valence-corrected chi connectivity index (χ3v) is 5.01. The summed E-state index contributed by atoms with van der Waals surface area (Å²) in [5, 5.41) is 17.1. The predicted octanol–water partition coefficient (Wildman–Crippen LogP) is -0.261. The molecule has 184 valence electrons. The Morgan fingerprint density at radius 2 is 1.74 bits per heavy atom. The van der Waals surface area contributed by atoms with Gasteiger partial charge in [0.1, 0.15) is 12.1 Å². The van der Waals surface area contributed by atoms with E-state index >= 15 is 0 Å². The van der Waals surface area contributed by atoms with Gasteiger partial charge in [-0.3, -0.25) is 14.4 Å². The molecular weight excluding hydrogens is 440 g/mol. The van der Waals surface area contributed by atoms with Crippen LogP contribution >= 0.6 is 0 Å². The summed E-state index contributed by atoms with van der Waals surface area (Å²) in [7, 11) is 0. The van der Waals surface area contributed by atoms with Crippen molar-refractivity contribution in [1.29, 1.82) is 0 Å². The number of imidazole rings is 1. The van der Waals surface area contributed by atoms with Crippen molar-refractivity contribution in [3.05, 3.63) is 54.1 Å².